The lowest BCUT2D eigenvalue weighted by Crippen LogP contribution is -2.55. The number of carbonyl (C=O) groups is 3. The number of rotatable bonds is 14. The summed E-state index contributed by atoms with van der Waals surface area (Å²) in [7, 11) is 0. The highest BCUT2D eigenvalue weighted by molar-refractivity contribution is 6.31. The number of aryl methyl sites for hydroxylation is 2. The summed E-state index contributed by atoms with van der Waals surface area (Å²) in [5.41, 5.74) is 7.65. The lowest BCUT2D eigenvalue weighted by Gasteiger charge is -2.35. The van der Waals surface area contributed by atoms with Crippen LogP contribution in [0.4, 0.5) is 0 Å². The molecule has 10 rings (SSSR count). The van der Waals surface area contributed by atoms with Crippen LogP contribution in [0.25, 0.3) is 22.1 Å². The van der Waals surface area contributed by atoms with Gasteiger partial charge in [-0.25, -0.2) is 0 Å². The first kappa shape index (κ1) is 46.1. The highest BCUT2D eigenvalue weighted by atomic mass is 35.5. The van der Waals surface area contributed by atoms with Gasteiger partial charge in [0.2, 0.25) is 0 Å². The zero-order valence-electron chi connectivity index (χ0n) is 39.3. The smallest absolute Gasteiger partial charge is 0.253 e. The topological polar surface area (TPSA) is 166 Å². The normalized spacial score (nSPS) is 21.6. The molecule has 2 unspecified atom stereocenters. The number of hydrogen-bond donors (Lipinski definition) is 2. The maximum absolute atomic E-state index is 15.8. The summed E-state index contributed by atoms with van der Waals surface area (Å²) in [5.74, 6) is 2.37. The largest absolute Gasteiger partial charge is 0.491 e. The van der Waals surface area contributed by atoms with E-state index in [1.54, 1.807) is 12.1 Å². The van der Waals surface area contributed by atoms with Gasteiger partial charge in [-0.2, -0.15) is 30.8 Å². The van der Waals surface area contributed by atoms with Crippen molar-refractivity contribution in [1.82, 2.24) is 50.4 Å². The number of ether oxygens (including phenoxy) is 2. The second kappa shape index (κ2) is 18.7. The molecule has 0 radical (unpaired) electrons. The van der Waals surface area contributed by atoms with Crippen molar-refractivity contribution >= 4 is 62.9 Å². The van der Waals surface area contributed by atoms with Crippen LogP contribution in [0.15, 0.2) is 60.7 Å². The summed E-state index contributed by atoms with van der Waals surface area (Å²) in [6.45, 7) is 17.5. The van der Waals surface area contributed by atoms with E-state index >= 15 is 4.79 Å². The molecule has 68 heavy (non-hydrogen) atoms. The number of carbonyl (C=O) groups excluding carboxylic acids is 3. The van der Waals surface area contributed by atoms with Crippen molar-refractivity contribution in [3.63, 3.8) is 0 Å². The van der Waals surface area contributed by atoms with E-state index in [2.05, 4.69) is 68.3 Å². The molecular formula is C51H58Cl2N10O5. The molecule has 6 atom stereocenters. The number of Topliss-reactive ketones (excluding diaryl/α,β-unsaturated/α-hetero) is 1. The fraction of sp³-hybridized carbons (Fsp3) is 0.471. The maximum Gasteiger partial charge on any atom is 0.253 e. The number of nitrogens with zero attached hydrogens (tertiary/aromatic N) is 8. The quantitative estimate of drug-likeness (QED) is 0.111. The lowest BCUT2D eigenvalue weighted by molar-refractivity contribution is -0.131. The number of halogens is 2. The second-order valence-corrected chi connectivity index (χ2v) is 20.9. The molecule has 0 saturated carbocycles. The molecule has 356 valence electrons. The van der Waals surface area contributed by atoms with Gasteiger partial charge in [0.05, 0.1) is 0 Å². The number of H-pyrrole nitrogens is 2. The van der Waals surface area contributed by atoms with Gasteiger partial charge in [-0.3, -0.25) is 24.2 Å². The van der Waals surface area contributed by atoms with Crippen LogP contribution in [0.1, 0.15) is 82.5 Å². The molecule has 6 aromatic rings. The van der Waals surface area contributed by atoms with Crippen LogP contribution in [0.3, 0.4) is 0 Å². The SMILES string of the molecule is Cc1cc(OCC(C(=O)C(COc2cc(C)c(Cl)cc2C(C)C)N2C[C@H]3CN(C(=O)c4ccc5n[nH]nc5c4)C[C@@H]3C2)N2C[C@H]3CN(C(=O)c4ccc5n[nH]nc5c4)C[C@@H]3C2)c(C(C)C)cc1Cl. The highest BCUT2D eigenvalue weighted by Crippen LogP contribution is 2.39. The number of nitrogens with one attached hydrogen (secondary N) is 2. The Morgan fingerprint density at radius 3 is 1.29 bits per heavy atom. The van der Waals surface area contributed by atoms with Gasteiger partial charge in [-0.15, -0.1) is 0 Å². The third kappa shape index (κ3) is 8.94. The number of fused-ring (bicyclic) bond motifs is 4. The summed E-state index contributed by atoms with van der Waals surface area (Å²) in [4.78, 5) is 52.0. The van der Waals surface area contributed by atoms with Crippen molar-refractivity contribution in [2.45, 2.75) is 65.5 Å². The van der Waals surface area contributed by atoms with Crippen molar-refractivity contribution in [2.75, 3.05) is 65.6 Å². The molecule has 2 amide bonds. The van der Waals surface area contributed by atoms with Crippen LogP contribution in [0.5, 0.6) is 11.5 Å². The third-order valence-electron chi connectivity index (χ3n) is 14.9. The van der Waals surface area contributed by atoms with Crippen LogP contribution >= 0.6 is 23.2 Å². The van der Waals surface area contributed by atoms with E-state index < -0.39 is 12.1 Å². The molecule has 17 heteroatoms. The first-order valence-corrected chi connectivity index (χ1v) is 24.5. The van der Waals surface area contributed by atoms with Crippen LogP contribution in [-0.4, -0.2) is 146 Å². The maximum atomic E-state index is 15.8. The number of hydrogen-bond acceptors (Lipinski definition) is 11. The van der Waals surface area contributed by atoms with Crippen LogP contribution in [-0.2, 0) is 4.79 Å². The predicted octanol–water partition coefficient (Wildman–Crippen LogP) is 7.57. The van der Waals surface area contributed by atoms with E-state index in [4.69, 9.17) is 32.7 Å². The van der Waals surface area contributed by atoms with Gasteiger partial charge in [0.1, 0.15) is 58.9 Å². The molecule has 2 aromatic heterocycles. The van der Waals surface area contributed by atoms with E-state index in [1.807, 2.05) is 72.2 Å². The van der Waals surface area contributed by atoms with E-state index in [1.165, 1.54) is 0 Å². The molecule has 2 N–H and O–H groups in total. The Kier molecular flexibility index (Phi) is 12.7. The molecule has 15 nitrogen and oxygen atoms in total. The van der Waals surface area contributed by atoms with Gasteiger partial charge in [-0.05, 0) is 132 Å². The lowest BCUT2D eigenvalue weighted by atomic mass is 9.99. The third-order valence-corrected chi connectivity index (χ3v) is 15.7. The Bertz CT molecular complexity index is 2680. The van der Waals surface area contributed by atoms with E-state index in [0.29, 0.717) is 107 Å². The average Bonchev–Trinajstić information content (AvgIpc) is 4.18. The Hall–Kier alpha value is -5.61. The molecule has 0 aliphatic carbocycles. The first-order valence-electron chi connectivity index (χ1n) is 23.8. The average molecular weight is 962 g/mol. The van der Waals surface area contributed by atoms with Gasteiger partial charge < -0.3 is 19.3 Å². The van der Waals surface area contributed by atoms with E-state index in [-0.39, 0.29) is 66.3 Å². The molecule has 4 aliphatic heterocycles. The van der Waals surface area contributed by atoms with Gasteiger partial charge in [0.25, 0.3) is 11.8 Å². The summed E-state index contributed by atoms with van der Waals surface area (Å²) in [5, 5.41) is 23.3. The van der Waals surface area contributed by atoms with Crippen molar-refractivity contribution < 1.29 is 23.9 Å². The monoisotopic (exact) mass is 960 g/mol. The van der Waals surface area contributed by atoms with Crippen molar-refractivity contribution in [3.05, 3.63) is 104 Å². The van der Waals surface area contributed by atoms with E-state index in [0.717, 1.165) is 22.3 Å². The minimum absolute atomic E-state index is 0.0289. The molecule has 4 fully saturated rings. The molecule has 6 heterocycles. The number of aromatic nitrogens is 6. The van der Waals surface area contributed by atoms with Crippen molar-refractivity contribution in [2.24, 2.45) is 23.7 Å². The van der Waals surface area contributed by atoms with E-state index in [9.17, 15) is 9.59 Å². The Labute approximate surface area is 405 Å². The molecule has 4 saturated heterocycles. The predicted molar refractivity (Wildman–Crippen MR) is 261 cm³/mol. The number of ketones is 1. The van der Waals surface area contributed by atoms with Crippen LogP contribution in [0.2, 0.25) is 10.0 Å². The molecule has 4 aromatic carbocycles. The standard InChI is InChI=1S/C51H58Cl2N10O5/c1-27(2)37-15-39(52)29(5)11-47(37)67-25-45(60-17-33-21-62(22-34(33)18-60)50(65)31-7-9-41-43(13-31)56-58-54-41)49(64)46(26-68-48-12-30(6)40(53)16-38(48)28(3)4)61-19-35-23-63(24-36(35)20-61)51(66)32-8-10-42-44(14-32)57-59-55-42/h7-16,27-28,33-36,45-46H,17-26H2,1-6H3,(H,54,56,58)(H,55,57,59)/t33-,34-,35-,36-,45?,46?/m0/s1. The summed E-state index contributed by atoms with van der Waals surface area (Å²) in [6.07, 6.45) is 0. The minimum Gasteiger partial charge on any atom is -0.491 e. The second-order valence-electron chi connectivity index (χ2n) is 20.1. The number of likely N-dealkylation sites (tertiary alicyclic amines) is 4. The summed E-state index contributed by atoms with van der Waals surface area (Å²) < 4.78 is 13.6. The Balaban J connectivity index is 0.926. The van der Waals surface area contributed by atoms with Crippen LogP contribution in [0, 0.1) is 37.5 Å². The number of amides is 2. The number of aromatic amines is 2. The van der Waals surface area contributed by atoms with Gasteiger partial charge in [-0.1, -0.05) is 50.9 Å². The van der Waals surface area contributed by atoms with Crippen LogP contribution < -0.4 is 9.47 Å². The summed E-state index contributed by atoms with van der Waals surface area (Å²) >= 11 is 13.3. The molecule has 0 spiro atoms. The van der Waals surface area contributed by atoms with Crippen molar-refractivity contribution in [1.29, 1.82) is 0 Å². The zero-order valence-corrected chi connectivity index (χ0v) is 40.9. The Morgan fingerprint density at radius 1 is 0.559 bits per heavy atom. The van der Waals surface area contributed by atoms with Gasteiger partial charge >= 0.3 is 0 Å². The fourth-order valence-electron chi connectivity index (χ4n) is 11.0. The Morgan fingerprint density at radius 2 is 0.926 bits per heavy atom. The molecule has 4 aliphatic rings. The van der Waals surface area contributed by atoms with Crippen molar-refractivity contribution in [3.8, 4) is 11.5 Å². The molecular weight excluding hydrogens is 904 g/mol. The number of benzene rings is 4. The first-order chi connectivity index (χ1) is 32.7. The zero-order chi connectivity index (χ0) is 47.5. The fourth-order valence-corrected chi connectivity index (χ4v) is 11.3. The van der Waals surface area contributed by atoms with Gasteiger partial charge in [0, 0.05) is 73.5 Å². The highest BCUT2D eigenvalue weighted by Gasteiger charge is 2.49. The summed E-state index contributed by atoms with van der Waals surface area (Å²) in [6, 6.07) is 17.5. The van der Waals surface area contributed by atoms with Gasteiger partial charge in [0.15, 0.2) is 5.78 Å². The molecule has 0 bridgehead atoms. The minimum atomic E-state index is -0.620.